The first-order valence-corrected chi connectivity index (χ1v) is 45.0. The lowest BCUT2D eigenvalue weighted by molar-refractivity contribution is -0.130. The highest BCUT2D eigenvalue weighted by Crippen LogP contribution is 2.69. The predicted octanol–water partition coefficient (Wildman–Crippen LogP) is 12.8. The van der Waals surface area contributed by atoms with Crippen LogP contribution in [-0.4, -0.2) is 161 Å². The molecule has 111 heavy (non-hydrogen) atoms. The Morgan fingerprint density at radius 3 is 1.60 bits per heavy atom. The molecule has 8 aliphatic carbocycles. The van der Waals surface area contributed by atoms with Crippen molar-refractivity contribution in [1.82, 2.24) is 31.1 Å². The second kappa shape index (κ2) is 47.7. The zero-order valence-corrected chi connectivity index (χ0v) is 71.8. The SMILES string of the molecule is CC.CC(C)CCCC(C)C12CCCC1C1CC=C3CC(OC(=O)NCC(=O)N(CCCN)CCCCNCCCN)CCC3(C)C1CC2.CC(C)CCCC(C)C1CCC2C3CC=C4CC(OC(=O)N(CCCCNC(=O)C(N)CCCN=C(N)N)CCCNC(=O)C(N)CCCN=C(N)N)CCC4(C)C3CCC12C. The van der Waals surface area contributed by atoms with Crippen molar-refractivity contribution in [3.8, 4) is 0 Å². The van der Waals surface area contributed by atoms with Crippen LogP contribution in [0.25, 0.3) is 0 Å². The Balaban J connectivity index is 0.000000351. The number of unbranched alkanes of at least 4 members (excludes halogenated alkanes) is 2. The Morgan fingerprint density at radius 2 is 1.03 bits per heavy atom. The van der Waals surface area contributed by atoms with Gasteiger partial charge in [-0.2, -0.15) is 0 Å². The van der Waals surface area contributed by atoms with Crippen LogP contribution in [0.1, 0.15) is 294 Å². The average Bonchev–Trinajstić information content (AvgIpc) is 1.62. The summed E-state index contributed by atoms with van der Waals surface area (Å²) in [5, 5.41) is 12.0. The summed E-state index contributed by atoms with van der Waals surface area (Å²) in [4.78, 5) is 76.5. The molecule has 0 aromatic carbocycles. The number of hydrogen-bond donors (Lipinski definition) is 12. The van der Waals surface area contributed by atoms with Gasteiger partial charge in [0.05, 0.1) is 12.1 Å². The third-order valence-corrected chi connectivity index (χ3v) is 28.6. The Labute approximate surface area is 672 Å². The van der Waals surface area contributed by atoms with Crippen LogP contribution < -0.4 is 67.1 Å². The van der Waals surface area contributed by atoms with Gasteiger partial charge in [-0.1, -0.05) is 144 Å². The molecule has 0 aliphatic heterocycles. The minimum atomic E-state index is -0.672. The predicted molar refractivity (Wildman–Crippen MR) is 455 cm³/mol. The van der Waals surface area contributed by atoms with Gasteiger partial charge < -0.3 is 86.4 Å². The van der Waals surface area contributed by atoms with Gasteiger partial charge in [0.25, 0.3) is 0 Å². The van der Waals surface area contributed by atoms with E-state index in [1.54, 1.807) is 4.90 Å². The Kier molecular flexibility index (Phi) is 40.7. The molecule has 8 aliphatic rings. The van der Waals surface area contributed by atoms with Crippen LogP contribution in [-0.2, 0) is 23.9 Å². The number of guanidine groups is 2. The molecule has 0 spiro atoms. The number of ether oxygens (including phenoxy) is 2. The maximum Gasteiger partial charge on any atom is 0.410 e. The number of carbonyl (C=O) groups excluding carboxylic acids is 5. The first-order chi connectivity index (χ1) is 53.1. The van der Waals surface area contributed by atoms with E-state index < -0.39 is 18.2 Å². The standard InChI is InChI=1S/C47H87N11O4.C39H71N5O3.C2H6/c1-31(2)12-8-13-32(3)36-18-19-37-35-17-16-33-30-34(20-22-46(33,4)38(35)21-23-47(36,37)5)62-45(61)58(29-11-27-55-42(60)40(49)15-10-26-57-44(52)53)28-7-6-24-54-41(59)39(48)14-9-25-56-43(50)51;1-29(2)11-7-12-30(3)39-18-8-13-35(39)33-15-14-31-27-32(16-19-38(31,4)34(33)17-20-39)47-37(46)43-28-36(45)44(26-10-22-41)25-6-5-23-42-24-9-21-40;1-2/h16,31-32,34-40H,6-15,17-30,48-49H2,1-5H3,(H,54,59)(H,55,60)(H4,50,51,56)(H4,52,53,57);14,29-30,32-35,42H,5-13,15-28,40-41H2,1-4H3,(H,43,46);1-2H3. The second-order valence-corrected chi connectivity index (χ2v) is 36.7. The summed E-state index contributed by atoms with van der Waals surface area (Å²) >= 11 is 0. The lowest BCUT2D eigenvalue weighted by atomic mass is 9.46. The Bertz CT molecular complexity index is 2920. The minimum Gasteiger partial charge on any atom is -0.446 e. The van der Waals surface area contributed by atoms with E-state index in [-0.39, 0.29) is 65.3 Å². The second-order valence-electron chi connectivity index (χ2n) is 36.7. The highest BCUT2D eigenvalue weighted by atomic mass is 16.6. The van der Waals surface area contributed by atoms with Gasteiger partial charge in [-0.3, -0.25) is 24.4 Å². The molecule has 0 bridgehead atoms. The zero-order chi connectivity index (χ0) is 81.3. The third kappa shape index (κ3) is 27.7. The maximum atomic E-state index is 13.9. The summed E-state index contributed by atoms with van der Waals surface area (Å²) in [6, 6.07) is -1.32. The van der Waals surface area contributed by atoms with Gasteiger partial charge in [-0.25, -0.2) is 9.59 Å². The van der Waals surface area contributed by atoms with Gasteiger partial charge >= 0.3 is 12.2 Å². The lowest BCUT2D eigenvalue weighted by Gasteiger charge is -2.59. The monoisotopic (exact) mass is 1560 g/mol. The summed E-state index contributed by atoms with van der Waals surface area (Å²) < 4.78 is 12.3. The number of fused-ring (bicyclic) bond motifs is 10. The molecule has 8 rings (SSSR count). The van der Waals surface area contributed by atoms with Crippen LogP contribution in [0.4, 0.5) is 9.59 Å². The molecule has 0 saturated heterocycles. The van der Waals surface area contributed by atoms with E-state index in [0.29, 0.717) is 127 Å². The van der Waals surface area contributed by atoms with Crippen molar-refractivity contribution in [2.75, 3.05) is 85.1 Å². The summed E-state index contributed by atoms with van der Waals surface area (Å²) in [6.45, 7) is 33.1. The number of nitrogens with zero attached hydrogens (tertiary/aromatic N) is 4. The molecule has 23 nitrogen and oxygen atoms in total. The number of rotatable bonds is 44. The van der Waals surface area contributed by atoms with Crippen molar-refractivity contribution in [3.05, 3.63) is 23.3 Å². The Morgan fingerprint density at radius 1 is 0.514 bits per heavy atom. The van der Waals surface area contributed by atoms with Crippen molar-refractivity contribution < 1.29 is 33.4 Å². The zero-order valence-electron chi connectivity index (χ0n) is 71.8. The fourth-order valence-electron chi connectivity index (χ4n) is 22.4. The first-order valence-electron chi connectivity index (χ1n) is 45.0. The maximum absolute atomic E-state index is 13.9. The molecule has 638 valence electrons. The van der Waals surface area contributed by atoms with E-state index in [4.69, 9.17) is 55.3 Å². The quantitative estimate of drug-likeness (QED) is 0.0117. The first kappa shape index (κ1) is 94.6. The Hall–Kier alpha value is -5.23. The van der Waals surface area contributed by atoms with E-state index >= 15 is 0 Å². The number of amides is 5. The summed E-state index contributed by atoms with van der Waals surface area (Å²) in [7, 11) is 0. The summed E-state index contributed by atoms with van der Waals surface area (Å²) in [6.07, 6.45) is 40.3. The fourth-order valence-corrected chi connectivity index (χ4v) is 22.4. The van der Waals surface area contributed by atoms with Crippen molar-refractivity contribution in [1.29, 1.82) is 0 Å². The van der Waals surface area contributed by atoms with Crippen LogP contribution in [0.3, 0.4) is 0 Å². The summed E-state index contributed by atoms with van der Waals surface area (Å²) in [5.41, 5.74) is 49.4. The van der Waals surface area contributed by atoms with E-state index in [9.17, 15) is 24.0 Å². The normalized spacial score (nSPS) is 28.6. The third-order valence-electron chi connectivity index (χ3n) is 28.6. The van der Waals surface area contributed by atoms with Crippen LogP contribution in [0.2, 0.25) is 0 Å². The van der Waals surface area contributed by atoms with E-state index in [1.165, 1.54) is 114 Å². The van der Waals surface area contributed by atoms with E-state index in [1.807, 2.05) is 18.7 Å². The fraction of sp³-hybridized carbons (Fsp3) is 0.875. The molecular formula is C88H164N16O7. The average molecular weight is 1560 g/mol. The molecule has 20 N–H and O–H groups in total. The molecule has 6 fully saturated rings. The van der Waals surface area contributed by atoms with Crippen LogP contribution in [0, 0.1) is 86.8 Å². The number of nitrogens with one attached hydrogen (secondary N) is 4. The smallest absolute Gasteiger partial charge is 0.410 e. The highest BCUT2D eigenvalue weighted by molar-refractivity contribution is 5.83. The molecule has 17 unspecified atom stereocenters. The molecule has 17 atom stereocenters. The molecule has 5 amide bonds. The van der Waals surface area contributed by atoms with Gasteiger partial charge in [0.15, 0.2) is 11.9 Å². The number of alkyl carbamates (subject to hydrolysis) is 1. The van der Waals surface area contributed by atoms with Crippen molar-refractivity contribution in [2.45, 2.75) is 319 Å². The van der Waals surface area contributed by atoms with Gasteiger partial charge in [-0.05, 0) is 273 Å². The van der Waals surface area contributed by atoms with Crippen LogP contribution in [0.5, 0.6) is 0 Å². The lowest BCUT2D eigenvalue weighted by Crippen LogP contribution is -2.51. The largest absolute Gasteiger partial charge is 0.446 e. The molecule has 23 heteroatoms. The molecule has 0 aromatic heterocycles. The van der Waals surface area contributed by atoms with Crippen molar-refractivity contribution >= 4 is 41.8 Å². The van der Waals surface area contributed by atoms with Gasteiger partial charge in [-0.15, -0.1) is 0 Å². The topological polar surface area (TPSA) is 391 Å². The minimum absolute atomic E-state index is 0.0140. The number of allylic oxidation sites excluding steroid dienone is 2. The molecule has 0 radical (unpaired) electrons. The number of aliphatic imine (C=N–C) groups is 2. The summed E-state index contributed by atoms with van der Waals surface area (Å²) in [5.74, 6) is 8.27. The van der Waals surface area contributed by atoms with Gasteiger partial charge in [0, 0.05) is 65.2 Å². The van der Waals surface area contributed by atoms with Crippen LogP contribution in [0.15, 0.2) is 33.3 Å². The number of hydrogen-bond acceptors (Lipinski definition) is 14. The number of carbonyl (C=O) groups is 5. The number of nitrogens with two attached hydrogens (primary N) is 8. The molecule has 0 aromatic rings. The van der Waals surface area contributed by atoms with Gasteiger partial charge in [0.2, 0.25) is 17.7 Å². The van der Waals surface area contributed by atoms with E-state index in [0.717, 1.165) is 143 Å². The highest BCUT2D eigenvalue weighted by Gasteiger charge is 2.61. The molecular weight excluding hydrogens is 1390 g/mol. The molecule has 0 heterocycles. The van der Waals surface area contributed by atoms with Gasteiger partial charge in [0.1, 0.15) is 18.8 Å². The van der Waals surface area contributed by atoms with Crippen molar-refractivity contribution in [2.24, 2.45) is 143 Å². The van der Waals surface area contributed by atoms with Crippen LogP contribution >= 0.6 is 0 Å². The van der Waals surface area contributed by atoms with Crippen molar-refractivity contribution in [3.63, 3.8) is 0 Å². The molecule has 6 saturated carbocycles. The van der Waals surface area contributed by atoms with E-state index in [2.05, 4.69) is 106 Å².